The molecule has 0 bridgehead atoms. The monoisotopic (exact) mass is 810 g/mol. The topological polar surface area (TPSA) is 27.7 Å². The average molecular weight is 811 g/mol. The maximum Gasteiger partial charge on any atom is 0.261 e. The molecule has 1 fully saturated rings. The first-order valence-electron chi connectivity index (χ1n) is 20.5. The van der Waals surface area contributed by atoms with Gasteiger partial charge < -0.3 is 13.9 Å². The van der Waals surface area contributed by atoms with Crippen LogP contribution in [0.15, 0.2) is 134 Å². The fourth-order valence-electron chi connectivity index (χ4n) is 7.97. The highest BCUT2D eigenvalue weighted by Crippen LogP contribution is 2.48. The number of hydrogen-bond acceptors (Lipinski definition) is 3. The molecule has 0 amide bonds. The lowest BCUT2D eigenvalue weighted by molar-refractivity contribution is -0.210. The van der Waals surface area contributed by atoms with Gasteiger partial charge in [0.1, 0.15) is 20.3 Å². The van der Waals surface area contributed by atoms with E-state index in [-0.39, 0.29) is 15.1 Å². The van der Waals surface area contributed by atoms with Crippen molar-refractivity contribution in [2.45, 2.75) is 122 Å². The van der Waals surface area contributed by atoms with Crippen molar-refractivity contribution in [3.05, 3.63) is 134 Å². The molecule has 1 aliphatic rings. The molecule has 0 aliphatic carbocycles. The Hall–Kier alpha value is -3.73. The lowest BCUT2D eigenvalue weighted by Gasteiger charge is -2.48. The van der Waals surface area contributed by atoms with Gasteiger partial charge in [-0.2, -0.15) is 0 Å². The van der Waals surface area contributed by atoms with Crippen molar-refractivity contribution in [1.29, 1.82) is 0 Å². The summed E-state index contributed by atoms with van der Waals surface area (Å²) in [5, 5.41) is 4.51. The second-order valence-corrected chi connectivity index (χ2v) is 33.7. The highest BCUT2D eigenvalue weighted by molar-refractivity contribution is 7.10. The second kappa shape index (κ2) is 16.5. The fourth-order valence-corrected chi connectivity index (χ4v) is 18.1. The van der Waals surface area contributed by atoms with Crippen LogP contribution >= 0.6 is 0 Å². The Morgan fingerprint density at radius 1 is 0.649 bits per heavy atom. The minimum Gasteiger partial charge on any atom is -0.397 e. The summed E-state index contributed by atoms with van der Waals surface area (Å²) in [5.41, 5.74) is 7.34. The van der Waals surface area contributed by atoms with Gasteiger partial charge in [0.25, 0.3) is 14.1 Å². The zero-order chi connectivity index (χ0) is 42.0. The normalized spacial score (nSPS) is 19.4. The summed E-state index contributed by atoms with van der Waals surface area (Å²) in [6.07, 6.45) is 0.556. The summed E-state index contributed by atoms with van der Waals surface area (Å²) in [4.78, 5) is 0. The molecule has 5 rings (SSSR count). The van der Waals surface area contributed by atoms with Crippen LogP contribution in [0.25, 0.3) is 0 Å². The largest absolute Gasteiger partial charge is 0.397 e. The number of ether oxygens (including phenoxy) is 2. The SMILES string of the molecule is C=CC(C#C[Si](c1ccccc1)(c1ccccc1)C(C)(C)C)O[C@]1(C#C[Si](C)(C)C(C)(C)C)OCC(C)(C)[C@H]1O[Si](c1ccccc1)(c1ccccc1)C(C)(C)C. The minimum absolute atomic E-state index is 0.0184. The molecular weight excluding hydrogens is 745 g/mol. The molecular formula is C51H66O3Si3. The molecule has 0 saturated carbocycles. The van der Waals surface area contributed by atoms with Gasteiger partial charge in [0, 0.05) is 5.41 Å². The Kier molecular flexibility index (Phi) is 12.8. The first-order chi connectivity index (χ1) is 26.6. The zero-order valence-corrected chi connectivity index (χ0v) is 39.9. The standard InChI is InChI=1S/C51H66O3Si3/c1-15-41(36-38-56(48(5,6)7,42-28-20-16-21-29-42)43-30-22-17-23-31-43)53-51(37-39-55(13,14)47(2,3)4)46(50(11,12)40-52-51)54-57(49(8,9)10,44-32-24-18-25-33-44)45-34-26-19-27-35-45/h15-35,41,46H,1,40H2,2-14H3/t41?,46-,51+/m1/s1. The molecule has 6 heteroatoms. The summed E-state index contributed by atoms with van der Waals surface area (Å²) in [6.45, 7) is 34.6. The molecule has 57 heavy (non-hydrogen) atoms. The van der Waals surface area contributed by atoms with E-state index in [0.717, 1.165) is 0 Å². The van der Waals surface area contributed by atoms with Crippen LogP contribution in [-0.4, -0.2) is 49.1 Å². The number of hydrogen-bond donors (Lipinski definition) is 0. The molecule has 4 aromatic carbocycles. The van der Waals surface area contributed by atoms with Crippen molar-refractivity contribution >= 4 is 45.2 Å². The molecule has 0 spiro atoms. The Balaban J connectivity index is 1.78. The Bertz CT molecular complexity index is 2010. The maximum absolute atomic E-state index is 8.03. The molecule has 1 saturated heterocycles. The molecule has 300 valence electrons. The van der Waals surface area contributed by atoms with Crippen molar-refractivity contribution in [2.75, 3.05) is 6.61 Å². The van der Waals surface area contributed by atoms with Crippen molar-refractivity contribution < 1.29 is 13.9 Å². The van der Waals surface area contributed by atoms with Gasteiger partial charge in [0.05, 0.1) is 6.61 Å². The van der Waals surface area contributed by atoms with Crippen molar-refractivity contribution in [1.82, 2.24) is 0 Å². The van der Waals surface area contributed by atoms with Gasteiger partial charge in [-0.25, -0.2) is 0 Å². The van der Waals surface area contributed by atoms with Crippen LogP contribution < -0.4 is 20.7 Å². The quantitative estimate of drug-likeness (QED) is 0.0958. The van der Waals surface area contributed by atoms with Crippen molar-refractivity contribution in [3.63, 3.8) is 0 Å². The van der Waals surface area contributed by atoms with E-state index >= 15 is 0 Å². The summed E-state index contributed by atoms with van der Waals surface area (Å²) in [6, 6.07) is 43.2. The van der Waals surface area contributed by atoms with E-state index in [0.29, 0.717) is 6.61 Å². The zero-order valence-electron chi connectivity index (χ0n) is 36.9. The fraction of sp³-hybridized carbons (Fsp3) is 0.412. The van der Waals surface area contributed by atoms with E-state index in [1.165, 1.54) is 20.7 Å². The van der Waals surface area contributed by atoms with Gasteiger partial charge in [0.15, 0.2) is 0 Å². The van der Waals surface area contributed by atoms with Crippen LogP contribution in [0.3, 0.4) is 0 Å². The third kappa shape index (κ3) is 8.69. The van der Waals surface area contributed by atoms with E-state index in [1.54, 1.807) is 0 Å². The van der Waals surface area contributed by atoms with E-state index in [1.807, 2.05) is 6.08 Å². The van der Waals surface area contributed by atoms with E-state index in [4.69, 9.17) is 13.9 Å². The minimum atomic E-state index is -3.10. The third-order valence-electron chi connectivity index (χ3n) is 12.3. The average Bonchev–Trinajstić information content (AvgIpc) is 3.41. The van der Waals surface area contributed by atoms with Crippen LogP contribution in [0.5, 0.6) is 0 Å². The van der Waals surface area contributed by atoms with Crippen LogP contribution in [0.2, 0.25) is 28.2 Å². The van der Waals surface area contributed by atoms with Gasteiger partial charge >= 0.3 is 0 Å². The van der Waals surface area contributed by atoms with Crippen LogP contribution in [0.1, 0.15) is 76.2 Å². The van der Waals surface area contributed by atoms with Gasteiger partial charge in [-0.3, -0.25) is 0 Å². The highest BCUT2D eigenvalue weighted by Gasteiger charge is 2.62. The first kappa shape index (κ1) is 44.4. The second-order valence-electron chi connectivity index (χ2n) is 20.0. The Labute approximate surface area is 348 Å². The molecule has 3 atom stereocenters. The summed E-state index contributed by atoms with van der Waals surface area (Å²) < 4.78 is 22.4. The maximum atomic E-state index is 8.03. The predicted octanol–water partition coefficient (Wildman–Crippen LogP) is 9.91. The molecule has 1 heterocycles. The Morgan fingerprint density at radius 2 is 1.07 bits per heavy atom. The van der Waals surface area contributed by atoms with E-state index in [9.17, 15) is 0 Å². The summed E-state index contributed by atoms with van der Waals surface area (Å²) in [5.74, 6) is 6.00. The van der Waals surface area contributed by atoms with E-state index < -0.39 is 47.9 Å². The number of rotatable bonds is 9. The molecule has 1 unspecified atom stereocenters. The van der Waals surface area contributed by atoms with Crippen molar-refractivity contribution in [2.24, 2.45) is 5.41 Å². The van der Waals surface area contributed by atoms with Gasteiger partial charge in [-0.05, 0) is 41.8 Å². The van der Waals surface area contributed by atoms with Gasteiger partial charge in [-0.1, -0.05) is 229 Å². The number of benzene rings is 4. The third-order valence-corrected chi connectivity index (χ3v) is 27.0. The highest BCUT2D eigenvalue weighted by atomic mass is 28.4. The smallest absolute Gasteiger partial charge is 0.261 e. The van der Waals surface area contributed by atoms with Crippen LogP contribution in [0.4, 0.5) is 0 Å². The van der Waals surface area contributed by atoms with Crippen molar-refractivity contribution in [3.8, 4) is 22.9 Å². The molecule has 1 aliphatic heterocycles. The molecule has 4 aromatic rings. The lowest BCUT2D eigenvalue weighted by Crippen LogP contribution is -2.70. The van der Waals surface area contributed by atoms with Crippen LogP contribution in [0, 0.1) is 28.3 Å². The summed E-state index contributed by atoms with van der Waals surface area (Å²) in [7, 11) is -8.02. The molecule has 0 radical (unpaired) electrons. The Morgan fingerprint density at radius 3 is 1.44 bits per heavy atom. The van der Waals surface area contributed by atoms with Gasteiger partial charge in [0.2, 0.25) is 8.07 Å². The first-order valence-corrected chi connectivity index (χ1v) is 27.4. The molecule has 0 aromatic heterocycles. The molecule has 3 nitrogen and oxygen atoms in total. The predicted molar refractivity (Wildman–Crippen MR) is 250 cm³/mol. The van der Waals surface area contributed by atoms with Crippen LogP contribution in [-0.2, 0) is 13.9 Å². The molecule has 0 N–H and O–H groups in total. The van der Waals surface area contributed by atoms with E-state index in [2.05, 4.69) is 240 Å². The summed E-state index contributed by atoms with van der Waals surface area (Å²) >= 11 is 0. The van der Waals surface area contributed by atoms with Gasteiger partial charge in [-0.15, -0.1) is 11.1 Å². The lowest BCUT2D eigenvalue weighted by atomic mass is 9.86.